The summed E-state index contributed by atoms with van der Waals surface area (Å²) in [6.45, 7) is 0. The second-order valence-corrected chi connectivity index (χ2v) is 3.71. The van der Waals surface area contributed by atoms with Gasteiger partial charge in [-0.1, -0.05) is 0 Å². The number of nitrogens with two attached hydrogens (primary N) is 1. The summed E-state index contributed by atoms with van der Waals surface area (Å²) in [7, 11) is -3.25. The first-order chi connectivity index (χ1) is 5.95. The normalized spacial score (nSPS) is 11.2. The van der Waals surface area contributed by atoms with E-state index in [2.05, 4.69) is 0 Å². The van der Waals surface area contributed by atoms with E-state index in [0.717, 1.165) is 6.07 Å². The molecule has 13 heavy (non-hydrogen) atoms. The van der Waals surface area contributed by atoms with Gasteiger partial charge in [0.25, 0.3) is 0 Å². The van der Waals surface area contributed by atoms with Crippen LogP contribution in [0.5, 0.6) is 5.75 Å². The van der Waals surface area contributed by atoms with E-state index in [1.807, 2.05) is 0 Å². The van der Waals surface area contributed by atoms with Crippen LogP contribution < -0.4 is 10.5 Å². The van der Waals surface area contributed by atoms with Gasteiger partial charge in [-0.3, -0.25) is 0 Å². The molecule has 0 fully saturated rings. The molecular weight excluding hydrogens is 194 g/mol. The highest BCUT2D eigenvalue weighted by Gasteiger charge is 2.09. The molecule has 1 rings (SSSR count). The van der Waals surface area contributed by atoms with Gasteiger partial charge >= 0.3 is 0 Å². The van der Waals surface area contributed by atoms with Crippen LogP contribution in [0.4, 0.5) is 5.69 Å². The quantitative estimate of drug-likeness (QED) is 0.545. The zero-order valence-corrected chi connectivity index (χ0v) is 7.67. The summed E-state index contributed by atoms with van der Waals surface area (Å²) in [5.41, 5.74) is 5.52. The Morgan fingerprint density at radius 2 is 2.08 bits per heavy atom. The van der Waals surface area contributed by atoms with Crippen LogP contribution in [0, 0.1) is 0 Å². The van der Waals surface area contributed by atoms with Gasteiger partial charge in [0.1, 0.15) is 15.9 Å². The number of ether oxygens (including phenoxy) is 1. The first-order valence-corrected chi connectivity index (χ1v) is 4.75. The maximum absolute atomic E-state index is 10.7. The van der Waals surface area contributed by atoms with E-state index in [1.54, 1.807) is 0 Å². The molecule has 0 radical (unpaired) electrons. The van der Waals surface area contributed by atoms with Gasteiger partial charge in [0.15, 0.2) is 0 Å². The van der Waals surface area contributed by atoms with Crippen LogP contribution in [-0.4, -0.2) is 20.1 Å². The third-order valence-electron chi connectivity index (χ3n) is 1.46. The van der Waals surface area contributed by atoms with Crippen molar-refractivity contribution in [3.63, 3.8) is 0 Å². The van der Waals surface area contributed by atoms with Crippen molar-refractivity contribution >= 4 is 15.8 Å². The number of rotatable bonds is 2. The summed E-state index contributed by atoms with van der Waals surface area (Å²) in [5.74, 6) is 0.00389. The maximum atomic E-state index is 10.7. The summed E-state index contributed by atoms with van der Waals surface area (Å²) in [5, 5.41) is 0. The van der Waals surface area contributed by atoms with E-state index < -0.39 is 15.0 Å². The lowest BCUT2D eigenvalue weighted by Gasteiger charge is -2.11. The van der Waals surface area contributed by atoms with Crippen molar-refractivity contribution in [3.8, 4) is 5.75 Å². The Morgan fingerprint density at radius 1 is 1.46 bits per heavy atom. The van der Waals surface area contributed by atoms with Crippen LogP contribution in [0.2, 0.25) is 0 Å². The highest BCUT2D eigenvalue weighted by Crippen LogP contribution is 2.25. The standard InChI is InChI=1S/C7H9NO4S/c1-12-6-3-2-5(8)4-7(6)13(9,10)11/h2-4H,8H2,1H3,(H,9,10,11)/p-1. The molecule has 1 aromatic rings. The molecule has 0 amide bonds. The van der Waals surface area contributed by atoms with E-state index >= 15 is 0 Å². The fourth-order valence-electron chi connectivity index (χ4n) is 0.889. The van der Waals surface area contributed by atoms with E-state index in [0.29, 0.717) is 0 Å². The summed E-state index contributed by atoms with van der Waals surface area (Å²) >= 11 is 0. The predicted molar refractivity (Wildman–Crippen MR) is 45.4 cm³/mol. The van der Waals surface area contributed by atoms with Crippen molar-refractivity contribution in [2.45, 2.75) is 4.90 Å². The lowest BCUT2D eigenvalue weighted by Crippen LogP contribution is -2.02. The van der Waals surface area contributed by atoms with Crippen LogP contribution in [0.25, 0.3) is 0 Å². The summed E-state index contributed by atoms with van der Waals surface area (Å²) in [4.78, 5) is -0.435. The van der Waals surface area contributed by atoms with Gasteiger partial charge in [-0.05, 0) is 18.2 Å². The van der Waals surface area contributed by atoms with Crippen LogP contribution in [0.3, 0.4) is 0 Å². The number of hydrogen-bond donors (Lipinski definition) is 1. The van der Waals surface area contributed by atoms with E-state index in [-0.39, 0.29) is 11.4 Å². The Hall–Kier alpha value is -1.27. The molecule has 0 aromatic heterocycles. The molecule has 0 aliphatic heterocycles. The van der Waals surface area contributed by atoms with E-state index in [9.17, 15) is 13.0 Å². The molecule has 0 atom stereocenters. The minimum atomic E-state index is -4.52. The highest BCUT2D eigenvalue weighted by molar-refractivity contribution is 7.85. The summed E-state index contributed by atoms with van der Waals surface area (Å²) < 4.78 is 36.7. The lowest BCUT2D eigenvalue weighted by atomic mass is 10.3. The molecule has 5 nitrogen and oxygen atoms in total. The average Bonchev–Trinajstić information content (AvgIpc) is 2.03. The zero-order chi connectivity index (χ0) is 10.1. The van der Waals surface area contributed by atoms with Gasteiger partial charge in [0.2, 0.25) is 0 Å². The van der Waals surface area contributed by atoms with Gasteiger partial charge in [-0.15, -0.1) is 0 Å². The molecule has 2 N–H and O–H groups in total. The molecule has 0 saturated heterocycles. The van der Waals surface area contributed by atoms with E-state index in [4.69, 9.17) is 10.5 Å². The summed E-state index contributed by atoms with van der Waals surface area (Å²) in [6.07, 6.45) is 0. The molecule has 1 aromatic carbocycles. The minimum absolute atomic E-state index is 0.00389. The Kier molecular flexibility index (Phi) is 2.44. The lowest BCUT2D eigenvalue weighted by molar-refractivity contribution is 0.395. The van der Waals surface area contributed by atoms with Crippen molar-refractivity contribution in [1.29, 1.82) is 0 Å². The topological polar surface area (TPSA) is 92.5 Å². The van der Waals surface area contributed by atoms with E-state index in [1.165, 1.54) is 19.2 Å². The molecule has 0 spiro atoms. The average molecular weight is 202 g/mol. The second kappa shape index (κ2) is 3.23. The van der Waals surface area contributed by atoms with Gasteiger partial charge in [-0.2, -0.15) is 0 Å². The SMILES string of the molecule is COc1ccc(N)cc1S(=O)(=O)[O-]. The zero-order valence-electron chi connectivity index (χ0n) is 6.85. The number of anilines is 1. The fraction of sp³-hybridized carbons (Fsp3) is 0.143. The van der Waals surface area contributed by atoms with Crippen molar-refractivity contribution in [2.24, 2.45) is 0 Å². The number of methoxy groups -OCH3 is 1. The largest absolute Gasteiger partial charge is 0.744 e. The van der Waals surface area contributed by atoms with Gasteiger partial charge in [0, 0.05) is 5.69 Å². The Labute approximate surface area is 75.9 Å². The molecule has 72 valence electrons. The van der Waals surface area contributed by atoms with Crippen LogP contribution in [0.15, 0.2) is 23.1 Å². The number of hydrogen-bond acceptors (Lipinski definition) is 5. The molecule has 0 aliphatic carbocycles. The highest BCUT2D eigenvalue weighted by atomic mass is 32.2. The minimum Gasteiger partial charge on any atom is -0.744 e. The predicted octanol–water partition coefficient (Wildman–Crippen LogP) is 0.181. The monoisotopic (exact) mass is 202 g/mol. The van der Waals surface area contributed by atoms with Gasteiger partial charge < -0.3 is 15.0 Å². The smallest absolute Gasteiger partial charge is 0.136 e. The third kappa shape index (κ3) is 2.10. The number of benzene rings is 1. The van der Waals surface area contributed by atoms with Crippen LogP contribution >= 0.6 is 0 Å². The summed E-state index contributed by atoms with van der Waals surface area (Å²) in [6, 6.07) is 3.86. The Morgan fingerprint density at radius 3 is 2.54 bits per heavy atom. The van der Waals surface area contributed by atoms with Crippen molar-refractivity contribution in [3.05, 3.63) is 18.2 Å². The molecule has 6 heteroatoms. The third-order valence-corrected chi connectivity index (χ3v) is 2.31. The number of nitrogen functional groups attached to an aromatic ring is 1. The first-order valence-electron chi connectivity index (χ1n) is 3.34. The Balaban J connectivity index is 3.41. The van der Waals surface area contributed by atoms with Crippen LogP contribution in [-0.2, 0) is 10.1 Å². The molecule has 0 unspecified atom stereocenters. The Bertz CT molecular complexity index is 413. The van der Waals surface area contributed by atoms with Crippen molar-refractivity contribution < 1.29 is 17.7 Å². The second-order valence-electron chi connectivity index (χ2n) is 2.36. The maximum Gasteiger partial charge on any atom is 0.136 e. The first kappa shape index (κ1) is 9.82. The fourth-order valence-corrected chi connectivity index (χ4v) is 1.57. The molecule has 0 saturated carbocycles. The van der Waals surface area contributed by atoms with Gasteiger partial charge in [-0.25, -0.2) is 8.42 Å². The van der Waals surface area contributed by atoms with Crippen molar-refractivity contribution in [1.82, 2.24) is 0 Å². The van der Waals surface area contributed by atoms with Gasteiger partial charge in [0.05, 0.1) is 12.0 Å². The molecular formula is C7H8NO4S-. The van der Waals surface area contributed by atoms with Crippen molar-refractivity contribution in [2.75, 3.05) is 12.8 Å². The molecule has 0 heterocycles. The molecule has 0 bridgehead atoms. The molecule has 0 aliphatic rings. The van der Waals surface area contributed by atoms with Crippen LogP contribution in [0.1, 0.15) is 0 Å².